The molecule has 1 amide bonds. The van der Waals surface area contributed by atoms with Gasteiger partial charge in [-0.25, -0.2) is 4.39 Å². The first kappa shape index (κ1) is 14.9. The molecule has 0 radical (unpaired) electrons. The van der Waals surface area contributed by atoms with Crippen LogP contribution in [0, 0.1) is 5.82 Å². The first-order valence-corrected chi connectivity index (χ1v) is 7.08. The maximum atomic E-state index is 13.3. The van der Waals surface area contributed by atoms with E-state index in [9.17, 15) is 9.18 Å². The zero-order valence-corrected chi connectivity index (χ0v) is 12.2. The van der Waals surface area contributed by atoms with Crippen LogP contribution in [0.2, 0.25) is 0 Å². The minimum absolute atomic E-state index is 0.258. The maximum Gasteiger partial charge on any atom is 0.233 e. The van der Waals surface area contributed by atoms with Gasteiger partial charge in [-0.05, 0) is 29.8 Å². The molecule has 6 heteroatoms. The number of nitrogens with one attached hydrogen (secondary N) is 1. The Morgan fingerprint density at radius 1 is 1.17 bits per heavy atom. The average Bonchev–Trinajstić information content (AvgIpc) is 3.09. The predicted octanol–water partition coefficient (Wildman–Crippen LogP) is 1.96. The van der Waals surface area contributed by atoms with Crippen molar-refractivity contribution in [3.8, 4) is 0 Å². The number of pyridine rings is 1. The number of rotatable bonds is 5. The molecule has 0 saturated heterocycles. The molecule has 1 aromatic carbocycles. The number of hydrogen-bond acceptors (Lipinski definition) is 3. The van der Waals surface area contributed by atoms with E-state index in [1.807, 2.05) is 12.1 Å². The second-order valence-corrected chi connectivity index (χ2v) is 5.26. The van der Waals surface area contributed by atoms with Crippen LogP contribution in [0.25, 0.3) is 0 Å². The lowest BCUT2D eigenvalue weighted by molar-refractivity contribution is -0.122. The Morgan fingerprint density at radius 3 is 2.52 bits per heavy atom. The summed E-state index contributed by atoms with van der Waals surface area (Å²) in [5, 5.41) is 6.63. The minimum atomic E-state index is -1.17. The maximum absolute atomic E-state index is 13.3. The predicted molar refractivity (Wildman–Crippen MR) is 82.9 cm³/mol. The summed E-state index contributed by atoms with van der Waals surface area (Å²) in [5.41, 5.74) is 6.52. The molecule has 0 fully saturated rings. The van der Waals surface area contributed by atoms with Crippen LogP contribution in [-0.2, 0) is 16.6 Å². The van der Waals surface area contributed by atoms with E-state index in [1.54, 1.807) is 36.8 Å². The van der Waals surface area contributed by atoms with Gasteiger partial charge in [0.25, 0.3) is 0 Å². The van der Waals surface area contributed by atoms with Gasteiger partial charge >= 0.3 is 0 Å². The van der Waals surface area contributed by atoms with Crippen molar-refractivity contribution in [1.29, 1.82) is 0 Å². The zero-order valence-electron chi connectivity index (χ0n) is 12.2. The van der Waals surface area contributed by atoms with E-state index < -0.39 is 11.3 Å². The van der Waals surface area contributed by atoms with E-state index in [1.165, 1.54) is 12.1 Å². The van der Waals surface area contributed by atoms with Gasteiger partial charge in [0.1, 0.15) is 11.2 Å². The summed E-state index contributed by atoms with van der Waals surface area (Å²) in [7, 11) is 0. The number of H-pyrrole nitrogens is 1. The monoisotopic (exact) mass is 310 g/mol. The van der Waals surface area contributed by atoms with Gasteiger partial charge in [0.2, 0.25) is 5.91 Å². The summed E-state index contributed by atoms with van der Waals surface area (Å²) >= 11 is 0. The topological polar surface area (TPSA) is 84.7 Å². The highest BCUT2D eigenvalue weighted by Gasteiger charge is 2.42. The van der Waals surface area contributed by atoms with E-state index in [0.29, 0.717) is 16.8 Å². The molecule has 23 heavy (non-hydrogen) atoms. The Balaban J connectivity index is 2.18. The third-order valence-corrected chi connectivity index (χ3v) is 3.92. The highest BCUT2D eigenvalue weighted by atomic mass is 19.1. The van der Waals surface area contributed by atoms with Crippen LogP contribution in [0.15, 0.2) is 61.1 Å². The summed E-state index contributed by atoms with van der Waals surface area (Å²) in [4.78, 5) is 16.8. The lowest BCUT2D eigenvalue weighted by Crippen LogP contribution is -2.44. The number of amides is 1. The Labute approximate surface area is 132 Å². The Kier molecular flexibility index (Phi) is 3.89. The number of carbonyl (C=O) groups excluding carboxylic acids is 1. The fourth-order valence-corrected chi connectivity index (χ4v) is 2.74. The molecule has 1 unspecified atom stereocenters. The molecule has 5 nitrogen and oxygen atoms in total. The van der Waals surface area contributed by atoms with Gasteiger partial charge in [-0.2, -0.15) is 5.10 Å². The van der Waals surface area contributed by atoms with Crippen LogP contribution in [0.5, 0.6) is 0 Å². The van der Waals surface area contributed by atoms with Crippen molar-refractivity contribution in [2.24, 2.45) is 5.73 Å². The van der Waals surface area contributed by atoms with E-state index in [2.05, 4.69) is 15.2 Å². The first-order valence-electron chi connectivity index (χ1n) is 7.08. The number of benzene rings is 1. The van der Waals surface area contributed by atoms with Crippen LogP contribution >= 0.6 is 0 Å². The van der Waals surface area contributed by atoms with Crippen LogP contribution in [0.4, 0.5) is 4.39 Å². The third-order valence-electron chi connectivity index (χ3n) is 3.92. The molecule has 0 aliphatic rings. The molecule has 3 aromatic rings. The van der Waals surface area contributed by atoms with E-state index in [0.717, 1.165) is 0 Å². The molecule has 3 N–H and O–H groups in total. The summed E-state index contributed by atoms with van der Waals surface area (Å²) < 4.78 is 13.3. The number of nitrogens with zero attached hydrogens (tertiary/aromatic N) is 2. The average molecular weight is 310 g/mol. The van der Waals surface area contributed by atoms with Crippen molar-refractivity contribution in [2.75, 3.05) is 0 Å². The van der Waals surface area contributed by atoms with Crippen molar-refractivity contribution in [3.05, 3.63) is 83.7 Å². The number of primary amides is 1. The fraction of sp³-hybridized carbons (Fsp3) is 0.118. The normalized spacial score (nSPS) is 13.4. The van der Waals surface area contributed by atoms with Gasteiger partial charge in [0, 0.05) is 30.1 Å². The van der Waals surface area contributed by atoms with Gasteiger partial charge in [0.15, 0.2) is 0 Å². The summed E-state index contributed by atoms with van der Waals surface area (Å²) in [6, 6.07) is 11.2. The van der Waals surface area contributed by atoms with Gasteiger partial charge in [-0.3, -0.25) is 14.9 Å². The lowest BCUT2D eigenvalue weighted by atomic mass is 9.71. The molecule has 2 aromatic heterocycles. The molecule has 0 spiro atoms. The van der Waals surface area contributed by atoms with E-state index >= 15 is 0 Å². The van der Waals surface area contributed by atoms with Crippen molar-refractivity contribution in [3.63, 3.8) is 0 Å². The molecule has 3 rings (SSSR count). The SMILES string of the molecule is NC(=O)C(Cc1ccccn1)(c1ccc(F)cc1)c1cn[nH]c1. The fourth-order valence-electron chi connectivity index (χ4n) is 2.74. The molecule has 1 atom stereocenters. The van der Waals surface area contributed by atoms with Gasteiger partial charge < -0.3 is 5.73 Å². The number of halogens is 1. The van der Waals surface area contributed by atoms with E-state index in [-0.39, 0.29) is 12.2 Å². The van der Waals surface area contributed by atoms with Crippen LogP contribution in [0.3, 0.4) is 0 Å². The molecular formula is C17H15FN4O. The van der Waals surface area contributed by atoms with Gasteiger partial charge in [0.05, 0.1) is 6.20 Å². The van der Waals surface area contributed by atoms with Crippen molar-refractivity contribution >= 4 is 5.91 Å². The molecule has 116 valence electrons. The van der Waals surface area contributed by atoms with Crippen LogP contribution in [0.1, 0.15) is 16.8 Å². The highest BCUT2D eigenvalue weighted by molar-refractivity contribution is 5.91. The number of hydrogen-bond donors (Lipinski definition) is 2. The van der Waals surface area contributed by atoms with Gasteiger partial charge in [-0.1, -0.05) is 18.2 Å². The van der Waals surface area contributed by atoms with E-state index in [4.69, 9.17) is 5.73 Å². The highest BCUT2D eigenvalue weighted by Crippen LogP contribution is 2.35. The Bertz CT molecular complexity index is 787. The zero-order chi connectivity index (χ0) is 16.3. The standard InChI is InChI=1S/C17H15FN4O/c18-14-6-4-12(5-7-14)17(16(19)23,13-10-21-22-11-13)9-15-3-1-2-8-20-15/h1-8,10-11H,9H2,(H2,19,23)(H,21,22). The smallest absolute Gasteiger partial charge is 0.233 e. The molecule has 2 heterocycles. The summed E-state index contributed by atoms with van der Waals surface area (Å²) in [6.07, 6.45) is 5.09. The number of carbonyl (C=O) groups is 1. The van der Waals surface area contributed by atoms with Crippen LogP contribution < -0.4 is 5.73 Å². The molecule has 0 saturated carbocycles. The Morgan fingerprint density at radius 2 is 1.96 bits per heavy atom. The summed E-state index contributed by atoms with van der Waals surface area (Å²) in [6.45, 7) is 0. The third kappa shape index (κ3) is 2.70. The quantitative estimate of drug-likeness (QED) is 0.755. The summed E-state index contributed by atoms with van der Waals surface area (Å²) in [5.74, 6) is -0.923. The second-order valence-electron chi connectivity index (χ2n) is 5.26. The Hall–Kier alpha value is -3.02. The largest absolute Gasteiger partial charge is 0.369 e. The molecule has 0 aliphatic heterocycles. The van der Waals surface area contributed by atoms with Crippen molar-refractivity contribution in [1.82, 2.24) is 15.2 Å². The first-order chi connectivity index (χ1) is 11.1. The molecule has 0 bridgehead atoms. The lowest BCUT2D eigenvalue weighted by Gasteiger charge is -2.30. The second kappa shape index (κ2) is 6.00. The number of nitrogens with two attached hydrogens (primary N) is 1. The van der Waals surface area contributed by atoms with Crippen LogP contribution in [-0.4, -0.2) is 21.1 Å². The number of aromatic amines is 1. The van der Waals surface area contributed by atoms with Crippen molar-refractivity contribution in [2.45, 2.75) is 11.8 Å². The molecule has 0 aliphatic carbocycles. The van der Waals surface area contributed by atoms with Gasteiger partial charge in [-0.15, -0.1) is 0 Å². The van der Waals surface area contributed by atoms with Crippen molar-refractivity contribution < 1.29 is 9.18 Å². The minimum Gasteiger partial charge on any atom is -0.369 e. The number of aromatic nitrogens is 3. The molecular weight excluding hydrogens is 295 g/mol.